The van der Waals surface area contributed by atoms with Crippen LogP contribution in [0.2, 0.25) is 10.0 Å². The molecule has 0 amide bonds. The van der Waals surface area contributed by atoms with E-state index in [9.17, 15) is 0 Å². The van der Waals surface area contributed by atoms with E-state index in [1.165, 1.54) is 0 Å². The fraction of sp³-hybridized carbons (Fsp3) is 0.125. The van der Waals surface area contributed by atoms with E-state index < -0.39 is 0 Å². The van der Waals surface area contributed by atoms with Gasteiger partial charge in [0.1, 0.15) is 0 Å². The third-order valence-corrected chi connectivity index (χ3v) is 2.27. The van der Waals surface area contributed by atoms with Crippen LogP contribution in [0.5, 0.6) is 0 Å². The van der Waals surface area contributed by atoms with Crippen molar-refractivity contribution in [3.63, 3.8) is 0 Å². The third-order valence-electron chi connectivity index (χ3n) is 1.41. The Kier molecular flexibility index (Phi) is 3.32. The number of hydrogen-bond acceptors (Lipinski definition) is 1. The van der Waals surface area contributed by atoms with Crippen molar-refractivity contribution in [2.75, 3.05) is 0 Å². The third kappa shape index (κ3) is 2.34. The van der Waals surface area contributed by atoms with Gasteiger partial charge in [-0.1, -0.05) is 41.5 Å². The molecular weight excluding hydrogens is 213 g/mol. The number of halogens is 2. The van der Waals surface area contributed by atoms with Crippen LogP contribution >= 0.6 is 35.4 Å². The van der Waals surface area contributed by atoms with E-state index in [-0.39, 0.29) is 0 Å². The Balaban J connectivity index is 3.04. The van der Waals surface area contributed by atoms with E-state index in [2.05, 4.69) is 0 Å². The second-order valence-corrected chi connectivity index (χ2v) is 3.68. The molecule has 0 aliphatic heterocycles. The van der Waals surface area contributed by atoms with Crippen LogP contribution in [0.4, 0.5) is 0 Å². The normalized spacial score (nSPS) is 9.83. The van der Waals surface area contributed by atoms with Crippen LogP contribution in [-0.4, -0.2) is 4.99 Å². The average Bonchev–Trinajstić information content (AvgIpc) is 1.97. The summed E-state index contributed by atoms with van der Waals surface area (Å²) in [5.41, 5.74) is 6.18. The van der Waals surface area contributed by atoms with Crippen molar-refractivity contribution in [2.24, 2.45) is 5.73 Å². The zero-order valence-electron chi connectivity index (χ0n) is 6.18. The molecule has 12 heavy (non-hydrogen) atoms. The molecule has 0 atom stereocenters. The number of rotatable bonds is 2. The largest absolute Gasteiger partial charge is 0.393 e. The predicted molar refractivity (Wildman–Crippen MR) is 57.0 cm³/mol. The minimum absolute atomic E-state index is 0.394. The Labute approximate surface area is 86.5 Å². The second-order valence-electron chi connectivity index (χ2n) is 2.34. The van der Waals surface area contributed by atoms with Gasteiger partial charge in [-0.25, -0.2) is 0 Å². The van der Waals surface area contributed by atoms with Crippen molar-refractivity contribution in [2.45, 2.75) is 6.42 Å². The summed E-state index contributed by atoms with van der Waals surface area (Å²) in [5.74, 6) is 0. The molecule has 0 aromatic heterocycles. The highest BCUT2D eigenvalue weighted by Gasteiger charge is 2.05. The summed E-state index contributed by atoms with van der Waals surface area (Å²) in [5, 5.41) is 1.21. The van der Waals surface area contributed by atoms with E-state index in [0.29, 0.717) is 21.5 Å². The number of thiocarbonyl (C=S) groups is 1. The van der Waals surface area contributed by atoms with Crippen LogP contribution in [0.3, 0.4) is 0 Å². The lowest BCUT2D eigenvalue weighted by molar-refractivity contribution is 1.33. The van der Waals surface area contributed by atoms with Gasteiger partial charge in [0.15, 0.2) is 0 Å². The molecule has 0 aliphatic carbocycles. The Morgan fingerprint density at radius 1 is 1.33 bits per heavy atom. The molecule has 4 heteroatoms. The molecule has 64 valence electrons. The molecule has 0 heterocycles. The van der Waals surface area contributed by atoms with E-state index in [0.717, 1.165) is 5.56 Å². The predicted octanol–water partition coefficient (Wildman–Crippen LogP) is 2.82. The average molecular weight is 220 g/mol. The van der Waals surface area contributed by atoms with Crippen molar-refractivity contribution < 1.29 is 0 Å². The van der Waals surface area contributed by atoms with Crippen molar-refractivity contribution in [3.05, 3.63) is 33.8 Å². The maximum absolute atomic E-state index is 5.87. The van der Waals surface area contributed by atoms with Crippen molar-refractivity contribution in [1.82, 2.24) is 0 Å². The van der Waals surface area contributed by atoms with Crippen LogP contribution in [0.1, 0.15) is 5.56 Å². The quantitative estimate of drug-likeness (QED) is 0.775. The second kappa shape index (κ2) is 4.08. The molecule has 0 spiro atoms. The summed E-state index contributed by atoms with van der Waals surface area (Å²) in [6.07, 6.45) is 0.452. The maximum atomic E-state index is 5.87. The maximum Gasteiger partial charge on any atom is 0.0772 e. The van der Waals surface area contributed by atoms with Gasteiger partial charge in [-0.05, 0) is 17.7 Å². The molecular formula is C8H7Cl2NS. The summed E-state index contributed by atoms with van der Waals surface area (Å²) in [7, 11) is 0. The zero-order valence-corrected chi connectivity index (χ0v) is 8.51. The summed E-state index contributed by atoms with van der Waals surface area (Å²) >= 11 is 16.5. The van der Waals surface area contributed by atoms with Crippen LogP contribution < -0.4 is 5.73 Å². The monoisotopic (exact) mass is 219 g/mol. The highest BCUT2D eigenvalue weighted by atomic mass is 35.5. The SMILES string of the molecule is NC(=S)Cc1c(Cl)cccc1Cl. The van der Waals surface area contributed by atoms with Crippen LogP contribution in [0.25, 0.3) is 0 Å². The Morgan fingerprint density at radius 2 is 1.83 bits per heavy atom. The summed E-state index contributed by atoms with van der Waals surface area (Å²) in [6, 6.07) is 5.32. The van der Waals surface area contributed by atoms with Gasteiger partial charge < -0.3 is 5.73 Å². The Bertz CT molecular complexity index is 292. The van der Waals surface area contributed by atoms with Gasteiger partial charge >= 0.3 is 0 Å². The molecule has 1 rings (SSSR count). The standard InChI is InChI=1S/C8H7Cl2NS/c9-6-2-1-3-7(10)5(6)4-8(11)12/h1-3H,4H2,(H2,11,12). The van der Waals surface area contributed by atoms with Gasteiger partial charge in [0.2, 0.25) is 0 Å². The lowest BCUT2D eigenvalue weighted by atomic mass is 10.1. The van der Waals surface area contributed by atoms with Gasteiger partial charge in [0, 0.05) is 16.5 Å². The van der Waals surface area contributed by atoms with E-state index in [4.69, 9.17) is 41.2 Å². The van der Waals surface area contributed by atoms with Gasteiger partial charge in [-0.2, -0.15) is 0 Å². The fourth-order valence-electron chi connectivity index (χ4n) is 0.875. The van der Waals surface area contributed by atoms with E-state index in [1.807, 2.05) is 0 Å². The van der Waals surface area contributed by atoms with Crippen LogP contribution in [0.15, 0.2) is 18.2 Å². The van der Waals surface area contributed by atoms with Crippen molar-refractivity contribution in [1.29, 1.82) is 0 Å². The topological polar surface area (TPSA) is 26.0 Å². The number of benzene rings is 1. The van der Waals surface area contributed by atoms with E-state index >= 15 is 0 Å². The molecule has 0 saturated carbocycles. The first kappa shape index (κ1) is 9.78. The number of hydrogen-bond donors (Lipinski definition) is 1. The highest BCUT2D eigenvalue weighted by Crippen LogP contribution is 2.24. The van der Waals surface area contributed by atoms with Crippen molar-refractivity contribution >= 4 is 40.4 Å². The minimum atomic E-state index is 0.394. The Morgan fingerprint density at radius 3 is 2.25 bits per heavy atom. The van der Waals surface area contributed by atoms with Gasteiger partial charge in [0.25, 0.3) is 0 Å². The Hall–Kier alpha value is -0.310. The molecule has 1 nitrogen and oxygen atoms in total. The number of nitrogens with two attached hydrogens (primary N) is 1. The molecule has 1 aromatic carbocycles. The van der Waals surface area contributed by atoms with Gasteiger partial charge in [-0.15, -0.1) is 0 Å². The zero-order chi connectivity index (χ0) is 9.14. The smallest absolute Gasteiger partial charge is 0.0772 e. The first-order valence-corrected chi connectivity index (χ1v) is 4.49. The summed E-state index contributed by atoms with van der Waals surface area (Å²) in [6.45, 7) is 0. The van der Waals surface area contributed by atoms with Gasteiger partial charge in [0.05, 0.1) is 4.99 Å². The molecule has 0 aliphatic rings. The molecule has 0 unspecified atom stereocenters. The molecule has 0 radical (unpaired) electrons. The first-order valence-electron chi connectivity index (χ1n) is 3.32. The van der Waals surface area contributed by atoms with Crippen LogP contribution in [0, 0.1) is 0 Å². The summed E-state index contributed by atoms with van der Waals surface area (Å²) in [4.78, 5) is 0.394. The first-order chi connectivity index (χ1) is 5.61. The van der Waals surface area contributed by atoms with Gasteiger partial charge in [-0.3, -0.25) is 0 Å². The molecule has 0 saturated heterocycles. The summed E-state index contributed by atoms with van der Waals surface area (Å²) < 4.78 is 0. The van der Waals surface area contributed by atoms with Crippen molar-refractivity contribution in [3.8, 4) is 0 Å². The van der Waals surface area contributed by atoms with Crippen LogP contribution in [-0.2, 0) is 6.42 Å². The lowest BCUT2D eigenvalue weighted by Gasteiger charge is -2.04. The molecule has 1 aromatic rings. The molecule has 2 N–H and O–H groups in total. The minimum Gasteiger partial charge on any atom is -0.393 e. The highest BCUT2D eigenvalue weighted by molar-refractivity contribution is 7.80. The fourth-order valence-corrected chi connectivity index (χ4v) is 1.55. The van der Waals surface area contributed by atoms with E-state index in [1.54, 1.807) is 18.2 Å². The molecule has 0 fully saturated rings. The molecule has 0 bridgehead atoms. The lowest BCUT2D eigenvalue weighted by Crippen LogP contribution is -2.11.